The van der Waals surface area contributed by atoms with Crippen LogP contribution in [0.4, 0.5) is 0 Å². The van der Waals surface area contributed by atoms with Gasteiger partial charge in [-0.2, -0.15) is 0 Å². The van der Waals surface area contributed by atoms with Crippen molar-refractivity contribution in [2.75, 3.05) is 0 Å². The van der Waals surface area contributed by atoms with Crippen LogP contribution in [0.1, 0.15) is 42.0 Å². The van der Waals surface area contributed by atoms with Crippen LogP contribution in [0, 0.1) is 12.3 Å². The molecule has 0 spiro atoms. The third kappa shape index (κ3) is 2.53. The number of carbonyl (C=O) groups is 1. The second kappa shape index (κ2) is 5.10. The Morgan fingerprint density at radius 3 is 2.38 bits per heavy atom. The molecule has 1 aliphatic carbocycles. The molecule has 0 bridgehead atoms. The molecule has 0 N–H and O–H groups in total. The number of aryl methyl sites for hydroxylation is 1. The largest absolute Gasteiger partial charge is 0.315 e. The van der Waals surface area contributed by atoms with E-state index in [0.29, 0.717) is 6.42 Å². The van der Waals surface area contributed by atoms with E-state index in [-0.39, 0.29) is 11.2 Å². The highest BCUT2D eigenvalue weighted by atomic mass is 79.9. The predicted octanol–water partition coefficient (Wildman–Crippen LogP) is 5.47. The third-order valence-corrected chi connectivity index (χ3v) is 5.31. The van der Waals surface area contributed by atoms with Gasteiger partial charge in [0.1, 0.15) is 0 Å². The molecule has 1 aromatic carbocycles. The third-order valence-electron chi connectivity index (χ3n) is 4.03. The SMILES string of the molecule is Cc1cc2c(n1-c1c(Br)cccc1Br)CC(C)(C)CC2=O. The van der Waals surface area contributed by atoms with E-state index in [0.717, 1.165) is 38.0 Å². The molecule has 0 saturated carbocycles. The topological polar surface area (TPSA) is 22.0 Å². The van der Waals surface area contributed by atoms with Crippen LogP contribution in [-0.2, 0) is 6.42 Å². The smallest absolute Gasteiger partial charge is 0.165 e. The van der Waals surface area contributed by atoms with E-state index in [4.69, 9.17) is 0 Å². The first-order chi connectivity index (χ1) is 9.80. The number of aromatic nitrogens is 1. The maximum Gasteiger partial charge on any atom is 0.165 e. The van der Waals surface area contributed by atoms with Gasteiger partial charge < -0.3 is 4.57 Å². The van der Waals surface area contributed by atoms with Crippen LogP contribution in [0.15, 0.2) is 33.2 Å². The summed E-state index contributed by atoms with van der Waals surface area (Å²) in [5, 5.41) is 0. The molecule has 0 radical (unpaired) electrons. The molecule has 21 heavy (non-hydrogen) atoms. The normalized spacial score (nSPS) is 16.9. The molecular weight excluding hydrogens is 394 g/mol. The number of halogens is 2. The van der Waals surface area contributed by atoms with E-state index in [2.05, 4.69) is 57.2 Å². The van der Waals surface area contributed by atoms with Crippen molar-refractivity contribution in [2.24, 2.45) is 5.41 Å². The molecule has 0 amide bonds. The van der Waals surface area contributed by atoms with E-state index in [1.165, 1.54) is 0 Å². The summed E-state index contributed by atoms with van der Waals surface area (Å²) >= 11 is 7.28. The van der Waals surface area contributed by atoms with Crippen LogP contribution in [0.2, 0.25) is 0 Å². The summed E-state index contributed by atoms with van der Waals surface area (Å²) in [6.45, 7) is 6.38. The lowest BCUT2D eigenvalue weighted by Gasteiger charge is -2.30. The van der Waals surface area contributed by atoms with Crippen molar-refractivity contribution in [1.29, 1.82) is 0 Å². The first-order valence-corrected chi connectivity index (χ1v) is 8.57. The molecule has 0 fully saturated rings. The average Bonchev–Trinajstić information content (AvgIpc) is 2.66. The number of Topliss-reactive ketones (excluding diaryl/α,β-unsaturated/α-hetero) is 1. The molecule has 0 saturated heterocycles. The Morgan fingerprint density at radius 1 is 1.14 bits per heavy atom. The number of hydrogen-bond acceptors (Lipinski definition) is 1. The van der Waals surface area contributed by atoms with E-state index >= 15 is 0 Å². The van der Waals surface area contributed by atoms with E-state index in [1.807, 2.05) is 24.3 Å². The van der Waals surface area contributed by atoms with Crippen LogP contribution >= 0.6 is 31.9 Å². The van der Waals surface area contributed by atoms with Gasteiger partial charge in [0.2, 0.25) is 0 Å². The minimum absolute atomic E-state index is 0.0142. The maximum absolute atomic E-state index is 12.4. The van der Waals surface area contributed by atoms with Gasteiger partial charge in [-0.15, -0.1) is 0 Å². The van der Waals surface area contributed by atoms with Gasteiger partial charge in [0, 0.05) is 32.3 Å². The van der Waals surface area contributed by atoms with Crippen LogP contribution in [0.3, 0.4) is 0 Å². The van der Waals surface area contributed by atoms with Crippen molar-refractivity contribution in [3.63, 3.8) is 0 Å². The summed E-state index contributed by atoms with van der Waals surface area (Å²) in [6, 6.07) is 8.08. The van der Waals surface area contributed by atoms with Crippen LogP contribution in [0.25, 0.3) is 5.69 Å². The molecule has 3 rings (SSSR count). The van der Waals surface area contributed by atoms with Gasteiger partial charge >= 0.3 is 0 Å². The minimum Gasteiger partial charge on any atom is -0.315 e. The number of ketones is 1. The van der Waals surface area contributed by atoms with Gasteiger partial charge in [-0.1, -0.05) is 19.9 Å². The molecule has 0 atom stereocenters. The molecule has 2 nitrogen and oxygen atoms in total. The minimum atomic E-state index is 0.0142. The molecule has 110 valence electrons. The molecule has 2 aromatic rings. The fourth-order valence-electron chi connectivity index (χ4n) is 3.17. The predicted molar refractivity (Wildman–Crippen MR) is 92.3 cm³/mol. The van der Waals surface area contributed by atoms with Gasteiger partial charge in [0.15, 0.2) is 5.78 Å². The van der Waals surface area contributed by atoms with Gasteiger partial charge in [-0.3, -0.25) is 4.79 Å². The zero-order valence-corrected chi connectivity index (χ0v) is 15.5. The average molecular weight is 411 g/mol. The highest BCUT2D eigenvalue weighted by molar-refractivity contribution is 9.11. The molecule has 0 unspecified atom stereocenters. The Kier molecular flexibility index (Phi) is 3.65. The highest BCUT2D eigenvalue weighted by Crippen LogP contribution is 2.40. The summed E-state index contributed by atoms with van der Waals surface area (Å²) in [7, 11) is 0. The van der Waals surface area contributed by atoms with Gasteiger partial charge in [-0.05, 0) is 68.8 Å². The second-order valence-corrected chi connectivity index (χ2v) is 8.20. The number of carbonyl (C=O) groups excluding carboxylic acids is 1. The van der Waals surface area contributed by atoms with Gasteiger partial charge in [0.05, 0.1) is 5.69 Å². The standard InChI is InChI=1S/C17H17Br2NO/c1-10-7-11-14(8-17(2,3)9-15(11)21)20(10)16-12(18)5-4-6-13(16)19/h4-7H,8-9H2,1-3H3. The van der Waals surface area contributed by atoms with E-state index in [9.17, 15) is 4.79 Å². The van der Waals surface area contributed by atoms with Crippen molar-refractivity contribution in [3.05, 3.63) is 50.2 Å². The van der Waals surface area contributed by atoms with E-state index < -0.39 is 0 Å². The molecule has 1 aliphatic rings. The fraction of sp³-hybridized carbons (Fsp3) is 0.353. The van der Waals surface area contributed by atoms with Crippen LogP contribution in [0.5, 0.6) is 0 Å². The van der Waals surface area contributed by atoms with Crippen molar-refractivity contribution < 1.29 is 4.79 Å². The quantitative estimate of drug-likeness (QED) is 0.611. The van der Waals surface area contributed by atoms with Crippen molar-refractivity contribution in [2.45, 2.75) is 33.6 Å². The Bertz CT molecular complexity index is 723. The number of fused-ring (bicyclic) bond motifs is 1. The number of nitrogens with zero attached hydrogens (tertiary/aromatic N) is 1. The van der Waals surface area contributed by atoms with Crippen LogP contribution in [-0.4, -0.2) is 10.4 Å². The molecule has 0 aliphatic heterocycles. The molecule has 1 heterocycles. The number of hydrogen-bond donors (Lipinski definition) is 0. The van der Waals surface area contributed by atoms with Crippen molar-refractivity contribution in [3.8, 4) is 5.69 Å². The number of benzene rings is 1. The molecular formula is C17H17Br2NO. The fourth-order valence-corrected chi connectivity index (χ4v) is 4.52. The van der Waals surface area contributed by atoms with Crippen molar-refractivity contribution in [1.82, 2.24) is 4.57 Å². The number of rotatable bonds is 1. The van der Waals surface area contributed by atoms with Crippen molar-refractivity contribution >= 4 is 37.6 Å². The Hall–Kier alpha value is -0.870. The Morgan fingerprint density at radius 2 is 1.76 bits per heavy atom. The summed E-state index contributed by atoms with van der Waals surface area (Å²) in [6.07, 6.45) is 1.54. The lowest BCUT2D eigenvalue weighted by molar-refractivity contribution is 0.0911. The lowest BCUT2D eigenvalue weighted by atomic mass is 9.76. The Balaban J connectivity index is 2.29. The lowest BCUT2D eigenvalue weighted by Crippen LogP contribution is -2.28. The van der Waals surface area contributed by atoms with E-state index in [1.54, 1.807) is 0 Å². The summed E-state index contributed by atoms with van der Waals surface area (Å²) < 4.78 is 4.26. The monoisotopic (exact) mass is 409 g/mol. The zero-order valence-electron chi connectivity index (χ0n) is 12.3. The summed E-state index contributed by atoms with van der Waals surface area (Å²) in [5.74, 6) is 0.256. The van der Waals surface area contributed by atoms with Crippen LogP contribution < -0.4 is 0 Å². The highest BCUT2D eigenvalue weighted by Gasteiger charge is 2.34. The molecule has 4 heteroatoms. The molecule has 1 aromatic heterocycles. The Labute approximate surface area is 141 Å². The number of para-hydroxylation sites is 1. The first-order valence-electron chi connectivity index (χ1n) is 6.99. The first kappa shape index (κ1) is 15.0. The summed E-state index contributed by atoms with van der Waals surface area (Å²) in [5.41, 5.74) is 4.19. The zero-order chi connectivity index (χ0) is 15.4. The van der Waals surface area contributed by atoms with Gasteiger partial charge in [0.25, 0.3) is 0 Å². The van der Waals surface area contributed by atoms with Gasteiger partial charge in [-0.25, -0.2) is 0 Å². The second-order valence-electron chi connectivity index (χ2n) is 6.49. The maximum atomic E-state index is 12.4. The summed E-state index contributed by atoms with van der Waals surface area (Å²) in [4.78, 5) is 12.4.